The van der Waals surface area contributed by atoms with Crippen molar-refractivity contribution in [3.05, 3.63) is 34.7 Å². The Morgan fingerprint density at radius 1 is 1.12 bits per heavy atom. The van der Waals surface area contributed by atoms with Gasteiger partial charge < -0.3 is 0 Å². The third-order valence-electron chi connectivity index (χ3n) is 2.68. The van der Waals surface area contributed by atoms with Crippen molar-refractivity contribution in [1.82, 2.24) is 9.13 Å². The van der Waals surface area contributed by atoms with Crippen LogP contribution in [0.3, 0.4) is 0 Å². The van der Waals surface area contributed by atoms with Gasteiger partial charge in [0, 0.05) is 19.0 Å². The quantitative estimate of drug-likeness (QED) is 0.752. The highest BCUT2D eigenvalue weighted by molar-refractivity contribution is 6.17. The maximum atomic E-state index is 12.1. The van der Waals surface area contributed by atoms with E-state index < -0.39 is 0 Å². The van der Waals surface area contributed by atoms with Crippen LogP contribution in [0, 0.1) is 0 Å². The molecule has 0 aliphatic rings. The SMILES string of the molecule is CCCn1c(=O)n(CCCl)c2ccccc21. The maximum absolute atomic E-state index is 12.1. The van der Waals surface area contributed by atoms with E-state index in [2.05, 4.69) is 6.92 Å². The van der Waals surface area contributed by atoms with Gasteiger partial charge >= 0.3 is 5.69 Å². The number of halogens is 1. The summed E-state index contributed by atoms with van der Waals surface area (Å²) in [5.74, 6) is 0.458. The van der Waals surface area contributed by atoms with Crippen LogP contribution in [0.5, 0.6) is 0 Å². The Hall–Kier alpha value is -1.22. The molecule has 16 heavy (non-hydrogen) atoms. The average molecular weight is 239 g/mol. The highest BCUT2D eigenvalue weighted by atomic mass is 35.5. The summed E-state index contributed by atoms with van der Waals surface area (Å²) in [6, 6.07) is 7.86. The van der Waals surface area contributed by atoms with E-state index in [1.54, 1.807) is 4.57 Å². The average Bonchev–Trinajstić information content (AvgIpc) is 2.56. The summed E-state index contributed by atoms with van der Waals surface area (Å²) < 4.78 is 3.57. The van der Waals surface area contributed by atoms with Crippen LogP contribution in [0.25, 0.3) is 11.0 Å². The molecule has 0 saturated carbocycles. The van der Waals surface area contributed by atoms with Crippen molar-refractivity contribution < 1.29 is 0 Å². The van der Waals surface area contributed by atoms with Crippen LogP contribution in [0.4, 0.5) is 0 Å². The standard InChI is InChI=1S/C12H15ClN2O/c1-2-8-14-10-5-3-4-6-11(10)15(9-7-13)12(14)16/h3-6H,2,7-9H2,1H3. The molecule has 0 bridgehead atoms. The number of rotatable bonds is 4. The Kier molecular flexibility index (Phi) is 3.34. The molecule has 1 aromatic heterocycles. The predicted molar refractivity (Wildman–Crippen MR) is 67.2 cm³/mol. The first-order valence-corrected chi connectivity index (χ1v) is 6.07. The third kappa shape index (κ3) is 1.76. The van der Waals surface area contributed by atoms with Crippen LogP contribution in [0.2, 0.25) is 0 Å². The highest BCUT2D eigenvalue weighted by Crippen LogP contribution is 2.13. The monoisotopic (exact) mass is 238 g/mol. The molecule has 0 saturated heterocycles. The molecule has 1 aromatic carbocycles. The fraction of sp³-hybridized carbons (Fsp3) is 0.417. The molecule has 1 heterocycles. The Bertz CT molecular complexity index is 495. The molecule has 4 heteroatoms. The van der Waals surface area contributed by atoms with E-state index in [0.717, 1.165) is 24.0 Å². The maximum Gasteiger partial charge on any atom is 0.329 e. The van der Waals surface area contributed by atoms with E-state index in [0.29, 0.717) is 12.4 Å². The van der Waals surface area contributed by atoms with E-state index in [9.17, 15) is 4.79 Å². The topological polar surface area (TPSA) is 26.9 Å². The number of fused-ring (bicyclic) bond motifs is 1. The molecule has 0 N–H and O–H groups in total. The first-order chi connectivity index (χ1) is 7.79. The van der Waals surface area contributed by atoms with Crippen molar-refractivity contribution in [2.24, 2.45) is 0 Å². The summed E-state index contributed by atoms with van der Waals surface area (Å²) in [6.07, 6.45) is 0.953. The molecule has 0 amide bonds. The largest absolute Gasteiger partial charge is 0.329 e. The van der Waals surface area contributed by atoms with Gasteiger partial charge in [-0.25, -0.2) is 4.79 Å². The summed E-state index contributed by atoms with van der Waals surface area (Å²) in [5, 5.41) is 0. The number of imidazole rings is 1. The van der Waals surface area contributed by atoms with Crippen molar-refractivity contribution in [1.29, 1.82) is 0 Å². The summed E-state index contributed by atoms with van der Waals surface area (Å²) >= 11 is 5.73. The van der Waals surface area contributed by atoms with Crippen molar-refractivity contribution in [2.45, 2.75) is 26.4 Å². The van der Waals surface area contributed by atoms with Crippen molar-refractivity contribution in [3.8, 4) is 0 Å². The zero-order chi connectivity index (χ0) is 11.5. The lowest BCUT2D eigenvalue weighted by Crippen LogP contribution is -2.24. The number of aryl methyl sites for hydroxylation is 2. The molecular weight excluding hydrogens is 224 g/mol. The summed E-state index contributed by atoms with van der Waals surface area (Å²) in [7, 11) is 0. The van der Waals surface area contributed by atoms with Gasteiger partial charge in [-0.15, -0.1) is 11.6 Å². The molecule has 2 aromatic rings. The zero-order valence-corrected chi connectivity index (χ0v) is 10.1. The van der Waals surface area contributed by atoms with E-state index >= 15 is 0 Å². The van der Waals surface area contributed by atoms with Gasteiger partial charge in [0.05, 0.1) is 11.0 Å². The van der Waals surface area contributed by atoms with Gasteiger partial charge in [0.25, 0.3) is 0 Å². The van der Waals surface area contributed by atoms with Gasteiger partial charge in [0.1, 0.15) is 0 Å². The Morgan fingerprint density at radius 2 is 1.69 bits per heavy atom. The number of aromatic nitrogens is 2. The van der Waals surface area contributed by atoms with Crippen LogP contribution in [-0.2, 0) is 13.1 Å². The van der Waals surface area contributed by atoms with Gasteiger partial charge in [-0.2, -0.15) is 0 Å². The minimum absolute atomic E-state index is 0.0451. The lowest BCUT2D eigenvalue weighted by molar-refractivity contribution is 0.632. The van der Waals surface area contributed by atoms with Gasteiger partial charge in [0.2, 0.25) is 0 Å². The lowest BCUT2D eigenvalue weighted by Gasteiger charge is -1.98. The molecule has 86 valence electrons. The number of hydrogen-bond acceptors (Lipinski definition) is 1. The lowest BCUT2D eigenvalue weighted by atomic mass is 10.3. The molecule has 0 spiro atoms. The highest BCUT2D eigenvalue weighted by Gasteiger charge is 2.10. The minimum atomic E-state index is 0.0451. The van der Waals surface area contributed by atoms with Crippen molar-refractivity contribution >= 4 is 22.6 Å². The molecular formula is C12H15ClN2O. The Labute approximate surface area is 99.3 Å². The van der Waals surface area contributed by atoms with Crippen LogP contribution in [-0.4, -0.2) is 15.0 Å². The predicted octanol–water partition coefficient (Wildman–Crippen LogP) is 2.45. The number of para-hydroxylation sites is 2. The van der Waals surface area contributed by atoms with E-state index in [4.69, 9.17) is 11.6 Å². The second-order valence-corrected chi connectivity index (χ2v) is 4.14. The molecule has 0 aliphatic carbocycles. The smallest absolute Gasteiger partial charge is 0.292 e. The zero-order valence-electron chi connectivity index (χ0n) is 9.32. The van der Waals surface area contributed by atoms with Crippen molar-refractivity contribution in [3.63, 3.8) is 0 Å². The third-order valence-corrected chi connectivity index (χ3v) is 2.85. The fourth-order valence-corrected chi connectivity index (χ4v) is 2.18. The normalized spacial score (nSPS) is 11.1. The number of benzene rings is 1. The second-order valence-electron chi connectivity index (χ2n) is 3.76. The van der Waals surface area contributed by atoms with Gasteiger partial charge in [0.15, 0.2) is 0 Å². The second kappa shape index (κ2) is 4.74. The molecule has 0 aliphatic heterocycles. The molecule has 3 nitrogen and oxygen atoms in total. The van der Waals surface area contributed by atoms with E-state index in [1.165, 1.54) is 0 Å². The Balaban J connectivity index is 2.70. The number of hydrogen-bond donors (Lipinski definition) is 0. The number of nitrogens with zero attached hydrogens (tertiary/aromatic N) is 2. The minimum Gasteiger partial charge on any atom is -0.292 e. The van der Waals surface area contributed by atoms with E-state index in [1.807, 2.05) is 28.8 Å². The van der Waals surface area contributed by atoms with Gasteiger partial charge in [-0.1, -0.05) is 19.1 Å². The molecule has 0 atom stereocenters. The van der Waals surface area contributed by atoms with Crippen molar-refractivity contribution in [2.75, 3.05) is 5.88 Å². The first kappa shape index (κ1) is 11.3. The Morgan fingerprint density at radius 3 is 2.19 bits per heavy atom. The van der Waals surface area contributed by atoms with Gasteiger partial charge in [-0.05, 0) is 18.6 Å². The van der Waals surface area contributed by atoms with Crippen LogP contribution in [0.15, 0.2) is 29.1 Å². The molecule has 0 fully saturated rings. The summed E-state index contributed by atoms with van der Waals surface area (Å²) in [6.45, 7) is 3.40. The van der Waals surface area contributed by atoms with Crippen LogP contribution < -0.4 is 5.69 Å². The molecule has 0 unspecified atom stereocenters. The molecule has 2 rings (SSSR count). The molecule has 0 radical (unpaired) electrons. The summed E-state index contributed by atoms with van der Waals surface area (Å²) in [4.78, 5) is 12.1. The van der Waals surface area contributed by atoms with Crippen LogP contribution in [0.1, 0.15) is 13.3 Å². The summed E-state index contributed by atoms with van der Waals surface area (Å²) in [5.41, 5.74) is 2.02. The van der Waals surface area contributed by atoms with Crippen LogP contribution >= 0.6 is 11.6 Å². The van der Waals surface area contributed by atoms with E-state index in [-0.39, 0.29) is 5.69 Å². The van der Waals surface area contributed by atoms with Gasteiger partial charge in [-0.3, -0.25) is 9.13 Å². The first-order valence-electron chi connectivity index (χ1n) is 5.53. The number of alkyl halides is 1. The fourth-order valence-electron chi connectivity index (χ4n) is 2.01.